The number of hydrogen-bond acceptors (Lipinski definition) is 3. The fourth-order valence-corrected chi connectivity index (χ4v) is 1.91. The first-order chi connectivity index (χ1) is 9.72. The normalized spacial score (nSPS) is 12.4. The predicted molar refractivity (Wildman–Crippen MR) is 90.0 cm³/mol. The van der Waals surface area contributed by atoms with Gasteiger partial charge < -0.3 is 21.1 Å². The highest BCUT2D eigenvalue weighted by atomic mass is 35.6. The van der Waals surface area contributed by atoms with Crippen LogP contribution >= 0.6 is 47.0 Å². The quantitative estimate of drug-likeness (QED) is 0.373. The minimum absolute atomic E-state index is 0.0833. The van der Waals surface area contributed by atoms with E-state index in [-0.39, 0.29) is 23.2 Å². The Hall–Kier alpha value is -0.950. The molecule has 0 saturated carbocycles. The summed E-state index contributed by atoms with van der Waals surface area (Å²) in [6.45, 7) is 1.67. The number of carbonyl (C=O) groups excluding carboxylic acids is 1. The lowest BCUT2D eigenvalue weighted by Crippen LogP contribution is -2.56. The summed E-state index contributed by atoms with van der Waals surface area (Å²) < 4.78 is -1.78. The molecular formula is C12H14Cl3N3O2S. The molecule has 1 rings (SSSR count). The summed E-state index contributed by atoms with van der Waals surface area (Å²) in [5.74, 6) is -0.209. The summed E-state index contributed by atoms with van der Waals surface area (Å²) in [5, 5.41) is 17.5. The van der Waals surface area contributed by atoms with E-state index in [1.807, 2.05) is 0 Å². The average molecular weight is 371 g/mol. The summed E-state index contributed by atoms with van der Waals surface area (Å²) in [7, 11) is 0. The summed E-state index contributed by atoms with van der Waals surface area (Å²) in [5.41, 5.74) is 0.553. The van der Waals surface area contributed by atoms with Crippen LogP contribution in [-0.2, 0) is 4.79 Å². The van der Waals surface area contributed by atoms with Crippen molar-refractivity contribution in [3.63, 3.8) is 0 Å². The molecule has 0 radical (unpaired) electrons. The van der Waals surface area contributed by atoms with Crippen molar-refractivity contribution in [3.05, 3.63) is 24.3 Å². The van der Waals surface area contributed by atoms with Crippen LogP contribution in [0.5, 0.6) is 5.75 Å². The Kier molecular flexibility index (Phi) is 6.80. The Balaban J connectivity index is 2.70. The lowest BCUT2D eigenvalue weighted by molar-refractivity contribution is -0.121. The minimum atomic E-state index is -1.78. The van der Waals surface area contributed by atoms with Crippen LogP contribution in [0.15, 0.2) is 24.3 Å². The Morgan fingerprint density at radius 1 is 1.38 bits per heavy atom. The van der Waals surface area contributed by atoms with Gasteiger partial charge in [0.1, 0.15) is 11.9 Å². The van der Waals surface area contributed by atoms with E-state index in [4.69, 9.17) is 47.0 Å². The molecule has 1 unspecified atom stereocenters. The highest BCUT2D eigenvalue weighted by molar-refractivity contribution is 7.80. The number of alkyl halides is 3. The van der Waals surface area contributed by atoms with Gasteiger partial charge in [0, 0.05) is 18.2 Å². The van der Waals surface area contributed by atoms with Crippen molar-refractivity contribution in [1.29, 1.82) is 0 Å². The van der Waals surface area contributed by atoms with Crippen LogP contribution in [0.2, 0.25) is 0 Å². The molecule has 4 N–H and O–H groups in total. The Labute approximate surface area is 142 Å². The van der Waals surface area contributed by atoms with Gasteiger partial charge in [0.25, 0.3) is 0 Å². The molecule has 21 heavy (non-hydrogen) atoms. The largest absolute Gasteiger partial charge is 0.508 e. The number of carbonyl (C=O) groups is 1. The van der Waals surface area contributed by atoms with Crippen molar-refractivity contribution < 1.29 is 9.90 Å². The molecule has 9 heteroatoms. The van der Waals surface area contributed by atoms with E-state index < -0.39 is 9.96 Å². The molecular weight excluding hydrogens is 357 g/mol. The highest BCUT2D eigenvalue weighted by Crippen LogP contribution is 2.29. The Morgan fingerprint density at radius 2 is 2.05 bits per heavy atom. The molecule has 1 aromatic carbocycles. The van der Waals surface area contributed by atoms with Crippen LogP contribution in [-0.4, -0.2) is 26.1 Å². The van der Waals surface area contributed by atoms with Gasteiger partial charge in [-0.25, -0.2) is 0 Å². The first kappa shape index (κ1) is 18.1. The van der Waals surface area contributed by atoms with Crippen LogP contribution in [0.3, 0.4) is 0 Å². The molecule has 0 aliphatic rings. The van der Waals surface area contributed by atoms with E-state index in [1.165, 1.54) is 12.1 Å². The summed E-state index contributed by atoms with van der Waals surface area (Å²) >= 11 is 22.5. The average Bonchev–Trinajstić information content (AvgIpc) is 2.36. The molecule has 0 fully saturated rings. The van der Waals surface area contributed by atoms with E-state index in [0.717, 1.165) is 0 Å². The van der Waals surface area contributed by atoms with E-state index in [0.29, 0.717) is 5.69 Å². The zero-order valence-electron chi connectivity index (χ0n) is 11.0. The fourth-order valence-electron chi connectivity index (χ4n) is 1.34. The molecule has 1 amide bonds. The second-order valence-electron chi connectivity index (χ2n) is 4.04. The molecule has 0 spiro atoms. The van der Waals surface area contributed by atoms with Crippen molar-refractivity contribution in [2.75, 3.05) is 5.32 Å². The SMILES string of the molecule is CCC(=O)NC(NC(=S)Nc1cccc(O)c1)C(Cl)(Cl)Cl. The van der Waals surface area contributed by atoms with Gasteiger partial charge in [-0.1, -0.05) is 47.8 Å². The molecule has 0 aliphatic heterocycles. The third-order valence-electron chi connectivity index (χ3n) is 2.33. The number of nitrogens with one attached hydrogen (secondary N) is 3. The van der Waals surface area contributed by atoms with Crippen molar-refractivity contribution in [1.82, 2.24) is 10.6 Å². The molecule has 5 nitrogen and oxygen atoms in total. The van der Waals surface area contributed by atoms with Gasteiger partial charge in [0.05, 0.1) is 0 Å². The van der Waals surface area contributed by atoms with E-state index in [2.05, 4.69) is 16.0 Å². The van der Waals surface area contributed by atoms with E-state index in [1.54, 1.807) is 19.1 Å². The first-order valence-corrected chi connectivity index (χ1v) is 7.49. The van der Waals surface area contributed by atoms with Crippen LogP contribution in [0.4, 0.5) is 5.69 Å². The molecule has 116 valence electrons. The number of amides is 1. The number of rotatable bonds is 4. The van der Waals surface area contributed by atoms with Crippen molar-refractivity contribution in [2.45, 2.75) is 23.3 Å². The van der Waals surface area contributed by atoms with Gasteiger partial charge in [-0.05, 0) is 24.4 Å². The molecule has 0 heterocycles. The molecule has 0 bridgehead atoms. The molecule has 0 saturated heterocycles. The predicted octanol–water partition coefficient (Wildman–Crippen LogP) is 2.90. The topological polar surface area (TPSA) is 73.4 Å². The number of phenolic OH excluding ortho intramolecular Hbond substituents is 1. The van der Waals surface area contributed by atoms with Gasteiger partial charge in [-0.15, -0.1) is 0 Å². The van der Waals surface area contributed by atoms with Crippen LogP contribution in [0.25, 0.3) is 0 Å². The van der Waals surface area contributed by atoms with Crippen LogP contribution in [0, 0.1) is 0 Å². The lowest BCUT2D eigenvalue weighted by atomic mass is 10.3. The molecule has 0 aliphatic carbocycles. The van der Waals surface area contributed by atoms with Gasteiger partial charge in [-0.3, -0.25) is 4.79 Å². The van der Waals surface area contributed by atoms with Gasteiger partial charge in [0.2, 0.25) is 9.70 Å². The Bertz CT molecular complexity index is 523. The molecule has 1 atom stereocenters. The first-order valence-electron chi connectivity index (χ1n) is 5.95. The summed E-state index contributed by atoms with van der Waals surface area (Å²) in [6.07, 6.45) is -0.752. The minimum Gasteiger partial charge on any atom is -0.508 e. The number of thiocarbonyl (C=S) groups is 1. The van der Waals surface area contributed by atoms with Gasteiger partial charge in [0.15, 0.2) is 5.11 Å². The van der Waals surface area contributed by atoms with Gasteiger partial charge >= 0.3 is 0 Å². The van der Waals surface area contributed by atoms with Crippen molar-refractivity contribution >= 4 is 63.7 Å². The highest BCUT2D eigenvalue weighted by Gasteiger charge is 2.34. The number of anilines is 1. The van der Waals surface area contributed by atoms with Crippen LogP contribution in [0.1, 0.15) is 13.3 Å². The summed E-state index contributed by atoms with van der Waals surface area (Å²) in [6, 6.07) is 6.34. The maximum Gasteiger partial charge on any atom is 0.228 e. The second kappa shape index (κ2) is 7.89. The van der Waals surface area contributed by atoms with Crippen LogP contribution < -0.4 is 16.0 Å². The van der Waals surface area contributed by atoms with Crippen molar-refractivity contribution in [3.8, 4) is 5.75 Å². The smallest absolute Gasteiger partial charge is 0.228 e. The monoisotopic (exact) mass is 369 g/mol. The fraction of sp³-hybridized carbons (Fsp3) is 0.333. The number of benzene rings is 1. The second-order valence-corrected chi connectivity index (χ2v) is 6.82. The number of phenols is 1. The number of halogens is 3. The maximum absolute atomic E-state index is 11.4. The van der Waals surface area contributed by atoms with Gasteiger partial charge in [-0.2, -0.15) is 0 Å². The lowest BCUT2D eigenvalue weighted by Gasteiger charge is -2.27. The Morgan fingerprint density at radius 3 is 2.57 bits per heavy atom. The van der Waals surface area contributed by atoms with E-state index in [9.17, 15) is 9.90 Å². The van der Waals surface area contributed by atoms with E-state index >= 15 is 0 Å². The zero-order chi connectivity index (χ0) is 16.0. The molecule has 1 aromatic rings. The maximum atomic E-state index is 11.4. The number of hydrogen-bond donors (Lipinski definition) is 4. The van der Waals surface area contributed by atoms with Crippen molar-refractivity contribution in [2.24, 2.45) is 0 Å². The standard InChI is InChI=1S/C12H14Cl3N3O2S/c1-2-9(20)17-10(12(13,14)15)18-11(21)16-7-4-3-5-8(19)6-7/h3-6,10,19H,2H2,1H3,(H,17,20)(H2,16,18,21). The summed E-state index contributed by atoms with van der Waals surface area (Å²) in [4.78, 5) is 11.4. The zero-order valence-corrected chi connectivity index (χ0v) is 14.1. The molecule has 0 aromatic heterocycles. The third-order valence-corrected chi connectivity index (χ3v) is 3.21. The number of aromatic hydroxyl groups is 1. The third kappa shape index (κ3) is 6.56.